The standard InChI is InChI=1S/C28H54O6S/c1-4-6-8-9-13-19-26(18-12-7-5-2)22-23-28(30)33-24-16-10-14-20-27(29)21-15-11-17-25-34-35(3,31)32/h26H,4-25H2,1-3H3. The molecule has 6 nitrogen and oxygen atoms in total. The Balaban J connectivity index is 3.77. The zero-order valence-corrected chi connectivity index (χ0v) is 23.8. The van der Waals surface area contributed by atoms with E-state index in [0.29, 0.717) is 38.2 Å². The van der Waals surface area contributed by atoms with Crippen LogP contribution in [0, 0.1) is 5.92 Å². The van der Waals surface area contributed by atoms with Crippen molar-refractivity contribution in [2.45, 2.75) is 142 Å². The summed E-state index contributed by atoms with van der Waals surface area (Å²) in [6, 6.07) is 0. The second kappa shape index (κ2) is 23.4. The fraction of sp³-hybridized carbons (Fsp3) is 0.929. The Labute approximate surface area is 216 Å². The summed E-state index contributed by atoms with van der Waals surface area (Å²) < 4.78 is 31.8. The zero-order valence-electron chi connectivity index (χ0n) is 23.0. The Morgan fingerprint density at radius 2 is 1.14 bits per heavy atom. The number of rotatable bonds is 26. The molecule has 0 rings (SSSR count). The van der Waals surface area contributed by atoms with Gasteiger partial charge in [-0.2, -0.15) is 8.42 Å². The van der Waals surface area contributed by atoms with Gasteiger partial charge in [-0.1, -0.05) is 84.5 Å². The number of Topliss-reactive ketones (excluding diaryl/α,β-unsaturated/α-hetero) is 1. The van der Waals surface area contributed by atoms with E-state index in [1.54, 1.807) is 0 Å². The minimum Gasteiger partial charge on any atom is -0.466 e. The van der Waals surface area contributed by atoms with Crippen molar-refractivity contribution >= 4 is 21.9 Å². The summed E-state index contributed by atoms with van der Waals surface area (Å²) >= 11 is 0. The Morgan fingerprint density at radius 1 is 0.629 bits per heavy atom. The molecule has 0 fully saturated rings. The van der Waals surface area contributed by atoms with Gasteiger partial charge in [-0.25, -0.2) is 0 Å². The summed E-state index contributed by atoms with van der Waals surface area (Å²) in [5, 5.41) is 0. The molecule has 0 heterocycles. The van der Waals surface area contributed by atoms with Crippen LogP contribution in [0.25, 0.3) is 0 Å². The molecule has 35 heavy (non-hydrogen) atoms. The lowest BCUT2D eigenvalue weighted by Crippen LogP contribution is -2.10. The monoisotopic (exact) mass is 518 g/mol. The maximum absolute atomic E-state index is 12.2. The number of hydrogen-bond acceptors (Lipinski definition) is 6. The first-order chi connectivity index (χ1) is 16.8. The highest BCUT2D eigenvalue weighted by Crippen LogP contribution is 2.23. The predicted octanol–water partition coefficient (Wildman–Crippen LogP) is 7.53. The SMILES string of the molecule is CCCCCCCC(CCCCC)CCC(=O)OCCCCCC(=O)CCCCCOS(C)(=O)=O. The molecule has 7 heteroatoms. The van der Waals surface area contributed by atoms with Gasteiger partial charge in [-0.05, 0) is 44.4 Å². The normalized spacial score (nSPS) is 12.5. The lowest BCUT2D eigenvalue weighted by Gasteiger charge is -2.16. The van der Waals surface area contributed by atoms with E-state index in [1.165, 1.54) is 64.2 Å². The van der Waals surface area contributed by atoms with Gasteiger partial charge in [0, 0.05) is 19.3 Å². The molecular weight excluding hydrogens is 464 g/mol. The van der Waals surface area contributed by atoms with E-state index in [1.807, 2.05) is 0 Å². The number of ketones is 1. The van der Waals surface area contributed by atoms with E-state index in [9.17, 15) is 18.0 Å². The van der Waals surface area contributed by atoms with Gasteiger partial charge in [-0.15, -0.1) is 0 Å². The maximum Gasteiger partial charge on any atom is 0.305 e. The molecule has 208 valence electrons. The van der Waals surface area contributed by atoms with E-state index in [0.717, 1.165) is 44.8 Å². The Hall–Kier alpha value is -0.950. The molecule has 0 saturated heterocycles. The lowest BCUT2D eigenvalue weighted by molar-refractivity contribution is -0.144. The average Bonchev–Trinajstić information content (AvgIpc) is 2.80. The van der Waals surface area contributed by atoms with Crippen molar-refractivity contribution in [3.63, 3.8) is 0 Å². The molecule has 0 amide bonds. The largest absolute Gasteiger partial charge is 0.466 e. The van der Waals surface area contributed by atoms with Crippen LogP contribution in [-0.2, 0) is 28.6 Å². The quantitative estimate of drug-likeness (QED) is 0.0668. The van der Waals surface area contributed by atoms with Crippen LogP contribution in [0.4, 0.5) is 0 Å². The van der Waals surface area contributed by atoms with Crippen LogP contribution < -0.4 is 0 Å². The van der Waals surface area contributed by atoms with E-state index in [2.05, 4.69) is 18.0 Å². The van der Waals surface area contributed by atoms with Crippen LogP contribution in [0.1, 0.15) is 142 Å². The van der Waals surface area contributed by atoms with E-state index in [-0.39, 0.29) is 18.4 Å². The first-order valence-corrected chi connectivity index (χ1v) is 16.1. The summed E-state index contributed by atoms with van der Waals surface area (Å²) in [7, 11) is -3.37. The highest BCUT2D eigenvalue weighted by atomic mass is 32.2. The molecule has 0 bridgehead atoms. The third kappa shape index (κ3) is 25.9. The van der Waals surface area contributed by atoms with Crippen LogP contribution in [0.2, 0.25) is 0 Å². The topological polar surface area (TPSA) is 86.7 Å². The Morgan fingerprint density at radius 3 is 1.74 bits per heavy atom. The summed E-state index contributed by atoms with van der Waals surface area (Å²) in [4.78, 5) is 24.1. The number of hydrogen-bond donors (Lipinski definition) is 0. The first kappa shape index (κ1) is 34.0. The molecule has 1 atom stereocenters. The lowest BCUT2D eigenvalue weighted by atomic mass is 9.90. The van der Waals surface area contributed by atoms with E-state index < -0.39 is 10.1 Å². The smallest absolute Gasteiger partial charge is 0.305 e. The molecule has 0 aliphatic carbocycles. The van der Waals surface area contributed by atoms with Crippen molar-refractivity contribution in [2.75, 3.05) is 19.5 Å². The third-order valence-corrected chi connectivity index (χ3v) is 7.04. The van der Waals surface area contributed by atoms with E-state index in [4.69, 9.17) is 4.74 Å². The predicted molar refractivity (Wildman–Crippen MR) is 144 cm³/mol. The number of carbonyl (C=O) groups excluding carboxylic acids is 2. The van der Waals surface area contributed by atoms with Crippen LogP contribution >= 0.6 is 0 Å². The van der Waals surface area contributed by atoms with Crippen molar-refractivity contribution in [1.82, 2.24) is 0 Å². The van der Waals surface area contributed by atoms with Gasteiger partial charge in [0.25, 0.3) is 10.1 Å². The number of carbonyl (C=O) groups is 2. The summed E-state index contributed by atoms with van der Waals surface area (Å²) in [6.07, 6.45) is 21.1. The first-order valence-electron chi connectivity index (χ1n) is 14.3. The van der Waals surface area contributed by atoms with Crippen molar-refractivity contribution in [1.29, 1.82) is 0 Å². The molecule has 1 unspecified atom stereocenters. The van der Waals surface area contributed by atoms with Crippen LogP contribution in [0.5, 0.6) is 0 Å². The minimum absolute atomic E-state index is 0.0765. The van der Waals surface area contributed by atoms with E-state index >= 15 is 0 Å². The third-order valence-electron chi connectivity index (χ3n) is 6.45. The molecule has 0 saturated carbocycles. The van der Waals surface area contributed by atoms with Crippen molar-refractivity contribution in [3.05, 3.63) is 0 Å². The second-order valence-corrected chi connectivity index (χ2v) is 11.7. The number of ether oxygens (including phenoxy) is 1. The van der Waals surface area contributed by atoms with Crippen LogP contribution in [0.15, 0.2) is 0 Å². The van der Waals surface area contributed by atoms with Crippen molar-refractivity contribution < 1.29 is 26.9 Å². The van der Waals surface area contributed by atoms with Gasteiger partial charge < -0.3 is 4.74 Å². The second-order valence-electron chi connectivity index (χ2n) is 10.0. The molecule has 0 aromatic carbocycles. The molecule has 0 spiro atoms. The molecular formula is C28H54O6S. The molecule has 0 aliphatic heterocycles. The molecule has 0 N–H and O–H groups in total. The molecule has 0 aliphatic rings. The van der Waals surface area contributed by atoms with Gasteiger partial charge >= 0.3 is 5.97 Å². The highest BCUT2D eigenvalue weighted by Gasteiger charge is 2.12. The van der Waals surface area contributed by atoms with Crippen LogP contribution in [0.3, 0.4) is 0 Å². The summed E-state index contributed by atoms with van der Waals surface area (Å²) in [6.45, 7) is 5.11. The minimum atomic E-state index is -3.37. The summed E-state index contributed by atoms with van der Waals surface area (Å²) in [5.74, 6) is 0.816. The molecule has 0 aromatic heterocycles. The molecule has 0 aromatic rings. The Bertz CT molecular complexity index is 617. The van der Waals surface area contributed by atoms with Gasteiger partial charge in [0.2, 0.25) is 0 Å². The average molecular weight is 519 g/mol. The van der Waals surface area contributed by atoms with Crippen molar-refractivity contribution in [2.24, 2.45) is 5.92 Å². The van der Waals surface area contributed by atoms with Gasteiger partial charge in [0.05, 0.1) is 19.5 Å². The van der Waals surface area contributed by atoms with Gasteiger partial charge in [0.1, 0.15) is 5.78 Å². The maximum atomic E-state index is 12.2. The summed E-state index contributed by atoms with van der Waals surface area (Å²) in [5.41, 5.74) is 0. The fourth-order valence-corrected chi connectivity index (χ4v) is 4.69. The highest BCUT2D eigenvalue weighted by molar-refractivity contribution is 7.85. The zero-order chi connectivity index (χ0) is 26.2. The number of esters is 1. The van der Waals surface area contributed by atoms with Gasteiger partial charge in [0.15, 0.2) is 0 Å². The molecule has 0 radical (unpaired) electrons. The Kier molecular flexibility index (Phi) is 22.8. The number of unbranched alkanes of at least 4 members (excludes halogenated alkanes) is 10. The van der Waals surface area contributed by atoms with Crippen molar-refractivity contribution in [3.8, 4) is 0 Å². The van der Waals surface area contributed by atoms with Gasteiger partial charge in [-0.3, -0.25) is 13.8 Å². The fourth-order valence-electron chi connectivity index (χ4n) is 4.27. The van der Waals surface area contributed by atoms with Crippen LogP contribution in [-0.4, -0.2) is 39.6 Å².